The molecule has 112 valence electrons. The molecule has 3 nitrogen and oxygen atoms in total. The molecule has 3 aromatic rings. The first-order valence-electron chi connectivity index (χ1n) is 7.37. The van der Waals surface area contributed by atoms with Crippen LogP contribution in [0.4, 0.5) is 0 Å². The molecule has 1 N–H and O–H groups in total. The second-order valence-electron chi connectivity index (χ2n) is 5.35. The molecule has 0 aliphatic carbocycles. The van der Waals surface area contributed by atoms with Crippen molar-refractivity contribution in [1.82, 2.24) is 15.3 Å². The summed E-state index contributed by atoms with van der Waals surface area (Å²) in [4.78, 5) is 8.64. The summed E-state index contributed by atoms with van der Waals surface area (Å²) >= 11 is 1.71. The van der Waals surface area contributed by atoms with Gasteiger partial charge in [-0.3, -0.25) is 4.98 Å². The summed E-state index contributed by atoms with van der Waals surface area (Å²) in [6.45, 7) is 5.02. The van der Waals surface area contributed by atoms with Gasteiger partial charge in [-0.05, 0) is 36.6 Å². The van der Waals surface area contributed by atoms with E-state index in [1.165, 1.54) is 11.1 Å². The highest BCUT2D eigenvalue weighted by molar-refractivity contribution is 7.09. The Morgan fingerprint density at radius 1 is 1.14 bits per heavy atom. The van der Waals surface area contributed by atoms with Gasteiger partial charge < -0.3 is 5.32 Å². The van der Waals surface area contributed by atoms with Gasteiger partial charge in [0, 0.05) is 36.1 Å². The molecule has 2 aromatic heterocycles. The van der Waals surface area contributed by atoms with Crippen LogP contribution in [0.15, 0.2) is 54.2 Å². The van der Waals surface area contributed by atoms with Crippen LogP contribution in [-0.4, -0.2) is 9.97 Å². The van der Waals surface area contributed by atoms with E-state index in [4.69, 9.17) is 0 Å². The molecule has 3 rings (SSSR count). The average Bonchev–Trinajstić information content (AvgIpc) is 2.99. The van der Waals surface area contributed by atoms with E-state index < -0.39 is 0 Å². The Labute approximate surface area is 135 Å². The molecule has 1 atom stereocenters. The standard InChI is InChI=1S/C18H19N3S/c1-13-12-22-18(21-13)11-20-14(2)15-5-7-16(8-6-15)17-4-3-9-19-10-17/h3-10,12,14,20H,11H2,1-2H3/t14-/m0/s1. The van der Waals surface area contributed by atoms with Gasteiger partial charge in [0.15, 0.2) is 0 Å². The third kappa shape index (κ3) is 3.59. The molecular formula is C18H19N3S. The van der Waals surface area contributed by atoms with Crippen molar-refractivity contribution in [3.05, 3.63) is 70.4 Å². The van der Waals surface area contributed by atoms with Crippen molar-refractivity contribution in [2.45, 2.75) is 26.4 Å². The molecule has 0 fully saturated rings. The Morgan fingerprint density at radius 3 is 2.59 bits per heavy atom. The van der Waals surface area contributed by atoms with Gasteiger partial charge in [-0.2, -0.15) is 0 Å². The van der Waals surface area contributed by atoms with Gasteiger partial charge in [0.2, 0.25) is 0 Å². The fourth-order valence-corrected chi connectivity index (χ4v) is 3.06. The summed E-state index contributed by atoms with van der Waals surface area (Å²) in [5.41, 5.74) is 4.71. The van der Waals surface area contributed by atoms with Crippen molar-refractivity contribution in [2.24, 2.45) is 0 Å². The van der Waals surface area contributed by atoms with Crippen LogP contribution in [-0.2, 0) is 6.54 Å². The average molecular weight is 309 g/mol. The Hall–Kier alpha value is -2.04. The predicted octanol–water partition coefficient (Wildman–Crippen LogP) is 4.36. The van der Waals surface area contributed by atoms with Crippen LogP contribution >= 0.6 is 11.3 Å². The van der Waals surface area contributed by atoms with Crippen molar-refractivity contribution < 1.29 is 0 Å². The number of hydrogen-bond donors (Lipinski definition) is 1. The monoisotopic (exact) mass is 309 g/mol. The highest BCUT2D eigenvalue weighted by Gasteiger charge is 2.07. The van der Waals surface area contributed by atoms with Crippen molar-refractivity contribution in [3.8, 4) is 11.1 Å². The van der Waals surface area contributed by atoms with Crippen LogP contribution < -0.4 is 5.32 Å². The molecule has 0 aliphatic rings. The normalized spacial score (nSPS) is 12.3. The van der Waals surface area contributed by atoms with Gasteiger partial charge in [0.05, 0.1) is 0 Å². The lowest BCUT2D eigenvalue weighted by Crippen LogP contribution is -2.17. The second kappa shape index (κ2) is 6.81. The smallest absolute Gasteiger partial charge is 0.107 e. The van der Waals surface area contributed by atoms with Crippen molar-refractivity contribution in [2.75, 3.05) is 0 Å². The minimum absolute atomic E-state index is 0.298. The molecule has 1 aromatic carbocycles. The molecular weight excluding hydrogens is 290 g/mol. The van der Waals surface area contributed by atoms with E-state index in [1.54, 1.807) is 17.5 Å². The summed E-state index contributed by atoms with van der Waals surface area (Å²) in [5.74, 6) is 0. The lowest BCUT2D eigenvalue weighted by atomic mass is 10.0. The third-order valence-corrected chi connectivity index (χ3v) is 4.60. The minimum Gasteiger partial charge on any atom is -0.304 e. The Bertz CT molecular complexity index is 720. The largest absolute Gasteiger partial charge is 0.304 e. The fourth-order valence-electron chi connectivity index (χ4n) is 2.34. The highest BCUT2D eigenvalue weighted by atomic mass is 32.1. The minimum atomic E-state index is 0.298. The first-order valence-corrected chi connectivity index (χ1v) is 8.25. The maximum absolute atomic E-state index is 4.48. The molecule has 0 aliphatic heterocycles. The fraction of sp³-hybridized carbons (Fsp3) is 0.222. The lowest BCUT2D eigenvalue weighted by Gasteiger charge is -2.14. The number of thiazole rings is 1. The highest BCUT2D eigenvalue weighted by Crippen LogP contribution is 2.21. The number of nitrogens with one attached hydrogen (secondary N) is 1. The Kier molecular flexibility index (Phi) is 4.61. The molecule has 0 saturated heterocycles. The molecule has 22 heavy (non-hydrogen) atoms. The zero-order valence-corrected chi connectivity index (χ0v) is 13.6. The number of aryl methyl sites for hydroxylation is 1. The first kappa shape index (κ1) is 14.9. The van der Waals surface area contributed by atoms with E-state index in [0.29, 0.717) is 6.04 Å². The lowest BCUT2D eigenvalue weighted by molar-refractivity contribution is 0.573. The molecule has 4 heteroatoms. The predicted molar refractivity (Wildman–Crippen MR) is 91.8 cm³/mol. The molecule has 0 saturated carbocycles. The maximum Gasteiger partial charge on any atom is 0.107 e. The van der Waals surface area contributed by atoms with Crippen LogP contribution in [0.25, 0.3) is 11.1 Å². The summed E-state index contributed by atoms with van der Waals surface area (Å²) in [6.07, 6.45) is 3.69. The molecule has 0 spiro atoms. The van der Waals surface area contributed by atoms with E-state index in [-0.39, 0.29) is 0 Å². The van der Waals surface area contributed by atoms with Crippen LogP contribution in [0.2, 0.25) is 0 Å². The van der Waals surface area contributed by atoms with Gasteiger partial charge >= 0.3 is 0 Å². The molecule has 0 radical (unpaired) electrons. The maximum atomic E-state index is 4.48. The number of pyridine rings is 1. The summed E-state index contributed by atoms with van der Waals surface area (Å²) in [7, 11) is 0. The van der Waals surface area contributed by atoms with Gasteiger partial charge in [0.1, 0.15) is 5.01 Å². The molecule has 0 bridgehead atoms. The van der Waals surface area contributed by atoms with E-state index in [0.717, 1.165) is 22.8 Å². The van der Waals surface area contributed by atoms with Crippen LogP contribution in [0, 0.1) is 6.92 Å². The number of benzene rings is 1. The number of aromatic nitrogens is 2. The SMILES string of the molecule is Cc1csc(CN[C@@H](C)c2ccc(-c3cccnc3)cc2)n1. The van der Waals surface area contributed by atoms with Gasteiger partial charge in [-0.15, -0.1) is 11.3 Å². The molecule has 0 unspecified atom stereocenters. The first-order chi connectivity index (χ1) is 10.7. The van der Waals surface area contributed by atoms with Gasteiger partial charge in [-0.1, -0.05) is 30.3 Å². The number of rotatable bonds is 5. The molecule has 0 amide bonds. The molecule has 2 heterocycles. The van der Waals surface area contributed by atoms with E-state index >= 15 is 0 Å². The zero-order chi connectivity index (χ0) is 15.4. The van der Waals surface area contributed by atoms with Crippen molar-refractivity contribution in [1.29, 1.82) is 0 Å². The van der Waals surface area contributed by atoms with Crippen LogP contribution in [0.5, 0.6) is 0 Å². The summed E-state index contributed by atoms with van der Waals surface area (Å²) in [5, 5.41) is 6.75. The third-order valence-electron chi connectivity index (χ3n) is 3.63. The van der Waals surface area contributed by atoms with E-state index in [9.17, 15) is 0 Å². The zero-order valence-electron chi connectivity index (χ0n) is 12.8. The van der Waals surface area contributed by atoms with Gasteiger partial charge in [-0.25, -0.2) is 4.98 Å². The van der Waals surface area contributed by atoms with Crippen molar-refractivity contribution >= 4 is 11.3 Å². The van der Waals surface area contributed by atoms with Crippen LogP contribution in [0.1, 0.15) is 29.2 Å². The summed E-state index contributed by atoms with van der Waals surface area (Å²) in [6, 6.07) is 13.0. The summed E-state index contributed by atoms with van der Waals surface area (Å²) < 4.78 is 0. The topological polar surface area (TPSA) is 37.8 Å². The number of nitrogens with zero attached hydrogens (tertiary/aromatic N) is 2. The Balaban J connectivity index is 1.64. The second-order valence-corrected chi connectivity index (χ2v) is 6.29. The van der Waals surface area contributed by atoms with Gasteiger partial charge in [0.25, 0.3) is 0 Å². The van der Waals surface area contributed by atoms with E-state index in [2.05, 4.69) is 57.9 Å². The number of hydrogen-bond acceptors (Lipinski definition) is 4. The Morgan fingerprint density at radius 2 is 1.95 bits per heavy atom. The van der Waals surface area contributed by atoms with E-state index in [1.807, 2.05) is 19.2 Å². The quantitative estimate of drug-likeness (QED) is 0.760. The van der Waals surface area contributed by atoms with Crippen molar-refractivity contribution in [3.63, 3.8) is 0 Å². The van der Waals surface area contributed by atoms with Crippen LogP contribution in [0.3, 0.4) is 0 Å².